The van der Waals surface area contributed by atoms with Crippen molar-refractivity contribution in [3.8, 4) is 0 Å². The zero-order valence-electron chi connectivity index (χ0n) is 13.4. The van der Waals surface area contributed by atoms with E-state index in [1.54, 1.807) is 12.3 Å². The van der Waals surface area contributed by atoms with E-state index in [-0.39, 0.29) is 11.6 Å². The second-order valence-electron chi connectivity index (χ2n) is 6.05. The Hall–Kier alpha value is -1.99. The van der Waals surface area contributed by atoms with Crippen molar-refractivity contribution in [3.63, 3.8) is 0 Å². The summed E-state index contributed by atoms with van der Waals surface area (Å²) < 4.78 is 21.2. The first kappa shape index (κ1) is 15.9. The predicted octanol–water partition coefficient (Wildman–Crippen LogP) is 1.09. The second-order valence-corrected chi connectivity index (χ2v) is 6.05. The minimum atomic E-state index is -0.629. The minimum absolute atomic E-state index is 0.165. The molecule has 0 aliphatic carbocycles. The topological polar surface area (TPSA) is 58.9 Å². The Morgan fingerprint density at radius 2 is 2.39 bits per heavy atom. The van der Waals surface area contributed by atoms with Crippen LogP contribution in [0.3, 0.4) is 0 Å². The highest BCUT2D eigenvalue weighted by Gasteiger charge is 2.22. The van der Waals surface area contributed by atoms with E-state index in [4.69, 9.17) is 4.74 Å². The quantitative estimate of drug-likeness (QED) is 0.920. The summed E-state index contributed by atoms with van der Waals surface area (Å²) in [6.45, 7) is 5.29. The first-order valence-electron chi connectivity index (χ1n) is 7.74. The maximum absolute atomic E-state index is 14.4. The number of carbonyl (C=O) groups is 1. The lowest BCUT2D eigenvalue weighted by molar-refractivity contribution is 0.0913. The number of amides is 1. The second kappa shape index (κ2) is 6.64. The number of hydrogen-bond donors (Lipinski definition) is 1. The molecule has 1 fully saturated rings. The largest absolute Gasteiger partial charge is 0.380 e. The zero-order chi connectivity index (χ0) is 16.4. The lowest BCUT2D eigenvalue weighted by Gasteiger charge is -2.18. The van der Waals surface area contributed by atoms with Gasteiger partial charge in [0, 0.05) is 31.7 Å². The predicted molar refractivity (Wildman–Crippen MR) is 84.0 cm³/mol. The minimum Gasteiger partial charge on any atom is -0.380 e. The third-order valence-corrected chi connectivity index (χ3v) is 4.09. The molecule has 1 aliphatic rings. The highest BCUT2D eigenvalue weighted by molar-refractivity contribution is 5.93. The van der Waals surface area contributed by atoms with Gasteiger partial charge in [-0.25, -0.2) is 4.98 Å². The summed E-state index contributed by atoms with van der Waals surface area (Å²) in [6, 6.07) is 3.57. The van der Waals surface area contributed by atoms with Gasteiger partial charge in [-0.3, -0.25) is 9.20 Å². The van der Waals surface area contributed by atoms with Crippen molar-refractivity contribution in [2.24, 2.45) is 5.92 Å². The van der Waals surface area contributed by atoms with Crippen molar-refractivity contribution in [2.45, 2.75) is 6.92 Å². The van der Waals surface area contributed by atoms with E-state index >= 15 is 0 Å². The number of hydrogen-bond acceptors (Lipinski definition) is 4. The van der Waals surface area contributed by atoms with Crippen LogP contribution in [0.15, 0.2) is 18.3 Å². The molecule has 1 unspecified atom stereocenters. The molecule has 1 N–H and O–H groups in total. The average molecular weight is 320 g/mol. The highest BCUT2D eigenvalue weighted by atomic mass is 19.1. The van der Waals surface area contributed by atoms with Crippen LogP contribution in [-0.4, -0.2) is 60.1 Å². The number of nitrogens with one attached hydrogen (secondary N) is 1. The summed E-state index contributed by atoms with van der Waals surface area (Å²) in [5.41, 5.74) is 1.12. The van der Waals surface area contributed by atoms with Crippen molar-refractivity contribution in [2.75, 3.05) is 39.9 Å². The molecule has 0 saturated carbocycles. The van der Waals surface area contributed by atoms with Gasteiger partial charge in [-0.1, -0.05) is 6.07 Å². The molecule has 1 atom stereocenters. The fourth-order valence-electron chi connectivity index (χ4n) is 2.82. The van der Waals surface area contributed by atoms with Gasteiger partial charge in [0.2, 0.25) is 5.95 Å². The first-order chi connectivity index (χ1) is 11.1. The van der Waals surface area contributed by atoms with Gasteiger partial charge in [-0.05, 0) is 25.6 Å². The Morgan fingerprint density at radius 3 is 3.17 bits per heavy atom. The zero-order valence-corrected chi connectivity index (χ0v) is 13.4. The van der Waals surface area contributed by atoms with E-state index in [9.17, 15) is 9.18 Å². The number of ether oxygens (including phenoxy) is 1. The lowest BCUT2D eigenvalue weighted by atomic mass is 10.1. The smallest absolute Gasteiger partial charge is 0.274 e. The van der Waals surface area contributed by atoms with Gasteiger partial charge < -0.3 is 15.0 Å². The summed E-state index contributed by atoms with van der Waals surface area (Å²) in [6.07, 6.45) is 1.57. The molecule has 2 aromatic rings. The molecular formula is C16H21FN4O2. The number of imidazole rings is 1. The molecule has 7 heteroatoms. The number of rotatable bonds is 3. The maximum atomic E-state index is 14.4. The van der Waals surface area contributed by atoms with Crippen molar-refractivity contribution < 1.29 is 13.9 Å². The van der Waals surface area contributed by atoms with Crippen LogP contribution in [0, 0.1) is 18.8 Å². The number of carbonyl (C=O) groups excluding carboxylic acids is 1. The molecule has 124 valence electrons. The molecule has 23 heavy (non-hydrogen) atoms. The van der Waals surface area contributed by atoms with Gasteiger partial charge in [-0.2, -0.15) is 4.39 Å². The Morgan fingerprint density at radius 1 is 1.57 bits per heavy atom. The molecule has 0 spiro atoms. The summed E-state index contributed by atoms with van der Waals surface area (Å²) in [5, 5.41) is 2.78. The Labute approximate surface area is 134 Å². The number of nitrogens with zero attached hydrogens (tertiary/aromatic N) is 3. The van der Waals surface area contributed by atoms with Crippen molar-refractivity contribution >= 4 is 11.6 Å². The number of fused-ring (bicyclic) bond motifs is 1. The van der Waals surface area contributed by atoms with Crippen LogP contribution >= 0.6 is 0 Å². The molecule has 0 bridgehead atoms. The Kier molecular flexibility index (Phi) is 4.58. The van der Waals surface area contributed by atoms with Crippen molar-refractivity contribution in [1.29, 1.82) is 0 Å². The number of likely N-dealkylation sites (N-methyl/N-ethyl adjacent to an activating group) is 1. The molecule has 1 aliphatic heterocycles. The maximum Gasteiger partial charge on any atom is 0.274 e. The van der Waals surface area contributed by atoms with Gasteiger partial charge in [0.15, 0.2) is 5.69 Å². The molecular weight excluding hydrogens is 299 g/mol. The van der Waals surface area contributed by atoms with Crippen LogP contribution in [0.4, 0.5) is 4.39 Å². The SMILES string of the molecule is Cc1cccn2c(F)c(C(=O)NCC3COCCN(C)C3)nc12. The van der Waals surface area contributed by atoms with Crippen molar-refractivity contribution in [3.05, 3.63) is 35.5 Å². The molecule has 3 rings (SSSR count). The van der Waals surface area contributed by atoms with Crippen LogP contribution in [0.1, 0.15) is 16.1 Å². The third kappa shape index (κ3) is 3.35. The van der Waals surface area contributed by atoms with Crippen molar-refractivity contribution in [1.82, 2.24) is 19.6 Å². The van der Waals surface area contributed by atoms with E-state index in [2.05, 4.69) is 15.2 Å². The summed E-state index contributed by atoms with van der Waals surface area (Å²) in [5.74, 6) is -0.929. The van der Waals surface area contributed by atoms with E-state index in [0.29, 0.717) is 25.4 Å². The monoisotopic (exact) mass is 320 g/mol. The number of pyridine rings is 1. The van der Waals surface area contributed by atoms with Gasteiger partial charge in [0.05, 0.1) is 13.2 Å². The van der Waals surface area contributed by atoms with Gasteiger partial charge in [0.1, 0.15) is 5.65 Å². The highest BCUT2D eigenvalue weighted by Crippen LogP contribution is 2.14. The molecule has 2 aromatic heterocycles. The summed E-state index contributed by atoms with van der Waals surface area (Å²) in [4.78, 5) is 18.6. The van der Waals surface area contributed by atoms with Crippen LogP contribution in [-0.2, 0) is 4.74 Å². The molecule has 6 nitrogen and oxygen atoms in total. The normalized spacial score (nSPS) is 19.7. The number of aromatic nitrogens is 2. The standard InChI is InChI=1S/C16H21FN4O2/c1-11-4-3-5-21-14(17)13(19-15(11)21)16(22)18-8-12-9-20(2)6-7-23-10-12/h3-5,12H,6-10H2,1-2H3,(H,18,22). The third-order valence-electron chi connectivity index (χ3n) is 4.09. The van der Waals surface area contributed by atoms with Crippen LogP contribution < -0.4 is 5.32 Å². The molecule has 3 heterocycles. The van der Waals surface area contributed by atoms with Crippen LogP contribution in [0.5, 0.6) is 0 Å². The van der Waals surface area contributed by atoms with Crippen LogP contribution in [0.25, 0.3) is 5.65 Å². The number of aryl methyl sites for hydroxylation is 1. The summed E-state index contributed by atoms with van der Waals surface area (Å²) in [7, 11) is 2.02. The molecule has 1 amide bonds. The van der Waals surface area contributed by atoms with Crippen LogP contribution in [0.2, 0.25) is 0 Å². The molecule has 0 radical (unpaired) electrons. The Bertz CT molecular complexity index is 715. The average Bonchev–Trinajstić information content (AvgIpc) is 2.73. The Balaban J connectivity index is 1.71. The number of halogens is 1. The van der Waals surface area contributed by atoms with E-state index < -0.39 is 11.9 Å². The van der Waals surface area contributed by atoms with Gasteiger partial charge in [-0.15, -0.1) is 0 Å². The summed E-state index contributed by atoms with van der Waals surface area (Å²) >= 11 is 0. The van der Waals surface area contributed by atoms with Gasteiger partial charge >= 0.3 is 0 Å². The fourth-order valence-corrected chi connectivity index (χ4v) is 2.82. The molecule has 1 saturated heterocycles. The van der Waals surface area contributed by atoms with E-state index in [1.807, 2.05) is 20.0 Å². The van der Waals surface area contributed by atoms with E-state index in [1.165, 1.54) is 4.40 Å². The fraction of sp³-hybridized carbons (Fsp3) is 0.500. The lowest BCUT2D eigenvalue weighted by Crippen LogP contribution is -2.36. The first-order valence-corrected chi connectivity index (χ1v) is 7.74. The van der Waals surface area contributed by atoms with E-state index in [0.717, 1.165) is 18.7 Å². The van der Waals surface area contributed by atoms with Gasteiger partial charge in [0.25, 0.3) is 5.91 Å². The molecule has 0 aromatic carbocycles.